The lowest BCUT2D eigenvalue weighted by Gasteiger charge is -2.37. The molecule has 1 N–H and O–H groups in total. The lowest BCUT2D eigenvalue weighted by atomic mass is 10.0. The average Bonchev–Trinajstić information content (AvgIpc) is 2.79. The molecule has 0 spiro atoms. The molecule has 0 amide bonds. The lowest BCUT2D eigenvalue weighted by Crippen LogP contribution is -2.44. The summed E-state index contributed by atoms with van der Waals surface area (Å²) in [6, 6.07) is 0.469. The van der Waals surface area contributed by atoms with Gasteiger partial charge in [-0.25, -0.2) is 4.68 Å². The maximum Gasteiger partial charge on any atom is 0.333 e. The van der Waals surface area contributed by atoms with Gasteiger partial charge in [0, 0.05) is 39.3 Å². The van der Waals surface area contributed by atoms with Crippen molar-refractivity contribution in [2.75, 3.05) is 38.2 Å². The summed E-state index contributed by atoms with van der Waals surface area (Å²) in [5, 5.41) is 24.4. The van der Waals surface area contributed by atoms with Crippen molar-refractivity contribution in [3.05, 3.63) is 15.8 Å². The monoisotopic (exact) mass is 311 g/mol. The highest BCUT2D eigenvalue weighted by atomic mass is 16.6. The summed E-state index contributed by atoms with van der Waals surface area (Å²) in [5.74, 6) is 0.610. The summed E-state index contributed by atoms with van der Waals surface area (Å²) in [6.07, 6.45) is 2.70. The number of nitrogens with zero attached hydrogens (tertiary/aromatic N) is 5. The number of rotatable bonds is 6. The van der Waals surface area contributed by atoms with Crippen LogP contribution in [0.15, 0.2) is 0 Å². The summed E-state index contributed by atoms with van der Waals surface area (Å²) in [5.41, 5.74) is 0.583. The second kappa shape index (κ2) is 7.06. The van der Waals surface area contributed by atoms with E-state index in [0.29, 0.717) is 17.6 Å². The van der Waals surface area contributed by atoms with Crippen LogP contribution in [0.4, 0.5) is 11.5 Å². The third-order valence-corrected chi connectivity index (χ3v) is 4.40. The number of aryl methyl sites for hydroxylation is 2. The molecule has 0 bridgehead atoms. The van der Waals surface area contributed by atoms with Gasteiger partial charge in [0.25, 0.3) is 0 Å². The number of hydrogen-bond donors (Lipinski definition) is 1. The van der Waals surface area contributed by atoms with E-state index in [9.17, 15) is 10.1 Å². The number of nitro groups is 1. The predicted molar refractivity (Wildman–Crippen MR) is 84.2 cm³/mol. The third-order valence-electron chi connectivity index (χ3n) is 4.40. The van der Waals surface area contributed by atoms with Crippen LogP contribution in [0, 0.1) is 17.0 Å². The lowest BCUT2D eigenvalue weighted by molar-refractivity contribution is -0.384. The number of aliphatic hydroxyl groups is 1. The fraction of sp³-hybridized carbons (Fsp3) is 0.786. The van der Waals surface area contributed by atoms with E-state index in [-0.39, 0.29) is 17.2 Å². The van der Waals surface area contributed by atoms with Crippen molar-refractivity contribution < 1.29 is 10.0 Å². The first-order valence-electron chi connectivity index (χ1n) is 7.69. The number of aromatic nitrogens is 2. The molecule has 1 aromatic heterocycles. The summed E-state index contributed by atoms with van der Waals surface area (Å²) < 4.78 is 1.61. The van der Waals surface area contributed by atoms with Gasteiger partial charge in [0.15, 0.2) is 0 Å². The normalized spacial score (nSPS) is 16.5. The zero-order valence-electron chi connectivity index (χ0n) is 13.5. The summed E-state index contributed by atoms with van der Waals surface area (Å²) >= 11 is 0. The summed E-state index contributed by atoms with van der Waals surface area (Å²) in [6.45, 7) is 4.34. The Morgan fingerprint density at radius 2 is 2.09 bits per heavy atom. The first-order valence-corrected chi connectivity index (χ1v) is 7.69. The highest BCUT2D eigenvalue weighted by molar-refractivity contribution is 5.61. The molecular weight excluding hydrogens is 286 g/mol. The van der Waals surface area contributed by atoms with Crippen LogP contribution in [-0.4, -0.2) is 64.0 Å². The van der Waals surface area contributed by atoms with E-state index >= 15 is 0 Å². The Labute approximate surface area is 130 Å². The van der Waals surface area contributed by atoms with Crippen LogP contribution in [0.25, 0.3) is 0 Å². The molecule has 0 atom stereocenters. The zero-order valence-corrected chi connectivity index (χ0v) is 13.5. The van der Waals surface area contributed by atoms with Crippen molar-refractivity contribution in [3.63, 3.8) is 0 Å². The zero-order chi connectivity index (χ0) is 16.3. The van der Waals surface area contributed by atoms with Crippen LogP contribution in [0.1, 0.15) is 25.0 Å². The molecule has 1 aliphatic rings. The van der Waals surface area contributed by atoms with Crippen LogP contribution >= 0.6 is 0 Å². The molecule has 8 heteroatoms. The molecule has 1 aromatic rings. The highest BCUT2D eigenvalue weighted by Crippen LogP contribution is 2.33. The minimum Gasteiger partial charge on any atom is -0.396 e. The van der Waals surface area contributed by atoms with Gasteiger partial charge in [-0.3, -0.25) is 10.1 Å². The van der Waals surface area contributed by atoms with Gasteiger partial charge in [-0.05, 0) is 33.2 Å². The smallest absolute Gasteiger partial charge is 0.333 e. The van der Waals surface area contributed by atoms with Gasteiger partial charge < -0.3 is 14.9 Å². The molecule has 0 unspecified atom stereocenters. The van der Waals surface area contributed by atoms with Crippen molar-refractivity contribution in [2.45, 2.75) is 32.2 Å². The maximum absolute atomic E-state index is 11.3. The Kier molecular flexibility index (Phi) is 5.36. The molecule has 2 rings (SSSR count). The van der Waals surface area contributed by atoms with Crippen LogP contribution in [0.2, 0.25) is 0 Å². The second-order valence-corrected chi connectivity index (χ2v) is 5.91. The minimum absolute atomic E-state index is 0.120. The molecule has 8 nitrogen and oxygen atoms in total. The van der Waals surface area contributed by atoms with E-state index in [1.54, 1.807) is 18.7 Å². The van der Waals surface area contributed by atoms with E-state index in [1.807, 2.05) is 0 Å². The maximum atomic E-state index is 11.3. The molecule has 0 saturated carbocycles. The molecule has 22 heavy (non-hydrogen) atoms. The van der Waals surface area contributed by atoms with Crippen molar-refractivity contribution in [1.29, 1.82) is 0 Å². The molecule has 0 aromatic carbocycles. The number of piperidine rings is 1. The SMILES string of the molecule is Cc1nn(C)c(N2CCC(N(C)CCCO)CC2)c1[N+](=O)[O-]. The van der Waals surface area contributed by atoms with Gasteiger partial charge in [-0.2, -0.15) is 5.10 Å². The van der Waals surface area contributed by atoms with Gasteiger partial charge >= 0.3 is 5.69 Å². The van der Waals surface area contributed by atoms with Gasteiger partial charge in [-0.1, -0.05) is 0 Å². The molecule has 1 fully saturated rings. The van der Waals surface area contributed by atoms with E-state index in [2.05, 4.69) is 21.9 Å². The molecule has 2 heterocycles. The average molecular weight is 311 g/mol. The fourth-order valence-electron chi connectivity index (χ4n) is 3.22. The Morgan fingerprint density at radius 3 is 2.64 bits per heavy atom. The van der Waals surface area contributed by atoms with Gasteiger partial charge in [0.1, 0.15) is 5.69 Å². The number of anilines is 1. The molecular formula is C14H25N5O3. The number of hydrogen-bond acceptors (Lipinski definition) is 6. The van der Waals surface area contributed by atoms with E-state index in [1.165, 1.54) is 0 Å². The third kappa shape index (κ3) is 3.38. The summed E-state index contributed by atoms with van der Waals surface area (Å²) in [7, 11) is 3.83. The van der Waals surface area contributed by atoms with E-state index in [4.69, 9.17) is 5.11 Å². The molecule has 1 aliphatic heterocycles. The van der Waals surface area contributed by atoms with Crippen LogP contribution in [0.3, 0.4) is 0 Å². The predicted octanol–water partition coefficient (Wildman–Crippen LogP) is 0.920. The topological polar surface area (TPSA) is 87.7 Å². The van der Waals surface area contributed by atoms with Gasteiger partial charge in [0.2, 0.25) is 5.82 Å². The van der Waals surface area contributed by atoms with Crippen LogP contribution in [0.5, 0.6) is 0 Å². The standard InChI is InChI=1S/C14H25N5O3/c1-11-13(19(21)22)14(17(3)15-11)18-8-5-12(6-9-18)16(2)7-4-10-20/h12,20H,4-10H2,1-3H3. The first kappa shape index (κ1) is 16.7. The second-order valence-electron chi connectivity index (χ2n) is 5.91. The van der Waals surface area contributed by atoms with Gasteiger partial charge in [-0.15, -0.1) is 0 Å². The van der Waals surface area contributed by atoms with Crippen molar-refractivity contribution in [3.8, 4) is 0 Å². The Morgan fingerprint density at radius 1 is 1.45 bits per heavy atom. The van der Waals surface area contributed by atoms with Gasteiger partial charge in [0.05, 0.1) is 4.92 Å². The highest BCUT2D eigenvalue weighted by Gasteiger charge is 2.31. The summed E-state index contributed by atoms with van der Waals surface area (Å²) in [4.78, 5) is 15.3. The van der Waals surface area contributed by atoms with Crippen molar-refractivity contribution in [1.82, 2.24) is 14.7 Å². The van der Waals surface area contributed by atoms with E-state index in [0.717, 1.165) is 38.9 Å². The Hall–Kier alpha value is -1.67. The van der Waals surface area contributed by atoms with Crippen LogP contribution in [-0.2, 0) is 7.05 Å². The quantitative estimate of drug-likeness (QED) is 0.621. The molecule has 124 valence electrons. The Bertz CT molecular complexity index is 523. The molecule has 0 aliphatic carbocycles. The fourth-order valence-corrected chi connectivity index (χ4v) is 3.22. The van der Waals surface area contributed by atoms with Crippen molar-refractivity contribution >= 4 is 11.5 Å². The molecule has 1 saturated heterocycles. The van der Waals surface area contributed by atoms with Crippen molar-refractivity contribution in [2.24, 2.45) is 7.05 Å². The van der Waals surface area contributed by atoms with Crippen LogP contribution < -0.4 is 4.90 Å². The largest absolute Gasteiger partial charge is 0.396 e. The minimum atomic E-state index is -0.336. The van der Waals surface area contributed by atoms with E-state index < -0.39 is 0 Å². The number of aliphatic hydroxyl groups excluding tert-OH is 1. The Balaban J connectivity index is 2.05. The molecule has 0 radical (unpaired) electrons. The first-order chi connectivity index (χ1) is 10.5.